The van der Waals surface area contributed by atoms with Gasteiger partial charge >= 0.3 is 6.03 Å². The molecule has 1 N–H and O–H groups in total. The third-order valence-electron chi connectivity index (χ3n) is 2.23. The minimum absolute atomic E-state index is 0.152. The maximum absolute atomic E-state index is 11.6. The summed E-state index contributed by atoms with van der Waals surface area (Å²) in [6.45, 7) is 0. The molecular weight excluding hydrogens is 240 g/mol. The van der Waals surface area contributed by atoms with Crippen molar-refractivity contribution < 1.29 is 19.5 Å². The summed E-state index contributed by atoms with van der Waals surface area (Å²) in [5.41, 5.74) is -0.152. The van der Waals surface area contributed by atoms with Gasteiger partial charge in [-0.25, -0.2) is 9.69 Å². The van der Waals surface area contributed by atoms with Crippen LogP contribution in [0.4, 0.5) is 15.4 Å². The van der Waals surface area contributed by atoms with Gasteiger partial charge in [-0.15, -0.1) is 0 Å². The van der Waals surface area contributed by atoms with E-state index in [1.54, 1.807) is 0 Å². The van der Waals surface area contributed by atoms with Crippen LogP contribution in [0.5, 0.6) is 0 Å². The number of amides is 4. The number of hydrogen-bond acceptors (Lipinski definition) is 5. The second kappa shape index (κ2) is 3.03. The van der Waals surface area contributed by atoms with Crippen LogP contribution in [-0.2, 0) is 0 Å². The molecule has 1 atom stereocenters. The number of aromatic amines is 1. The molecule has 2 rings (SSSR count). The van der Waals surface area contributed by atoms with E-state index in [0.717, 1.165) is 13.4 Å². The average Bonchev–Trinajstić information content (AvgIpc) is 2.72. The molecule has 8 nitrogen and oxygen atoms in total. The van der Waals surface area contributed by atoms with Gasteiger partial charge in [0.05, 0.1) is 6.33 Å². The van der Waals surface area contributed by atoms with Crippen molar-refractivity contribution >= 4 is 35.6 Å². The second-order valence-corrected chi connectivity index (χ2v) is 3.61. The van der Waals surface area contributed by atoms with E-state index in [2.05, 4.69) is 9.97 Å². The first-order valence-corrected chi connectivity index (χ1v) is 4.41. The summed E-state index contributed by atoms with van der Waals surface area (Å²) >= 11 is 5.64. The number of aromatic nitrogens is 2. The maximum Gasteiger partial charge on any atom is 0.456 e. The lowest BCUT2D eigenvalue weighted by Gasteiger charge is -2.30. The number of carbonyl (C=O) groups is 3. The van der Waals surface area contributed by atoms with Crippen molar-refractivity contribution in [3.8, 4) is 0 Å². The quantitative estimate of drug-likeness (QED) is 0.615. The Balaban J connectivity index is 2.74. The lowest BCUT2D eigenvalue weighted by Crippen LogP contribution is -2.64. The Bertz CT molecular complexity index is 512. The number of rotatable bonds is 0. The molecule has 0 bridgehead atoms. The van der Waals surface area contributed by atoms with Crippen molar-refractivity contribution in [3.05, 3.63) is 12.0 Å². The summed E-state index contributed by atoms with van der Waals surface area (Å²) in [6, 6.07) is -1.15. The topological polar surface area (TPSA) is 106 Å². The van der Waals surface area contributed by atoms with Crippen LogP contribution in [0, 0.1) is 0 Å². The molecule has 0 aliphatic carbocycles. The van der Waals surface area contributed by atoms with Gasteiger partial charge in [0.15, 0.2) is 17.5 Å². The molecule has 16 heavy (non-hydrogen) atoms. The Morgan fingerprint density at radius 3 is 2.81 bits per heavy atom. The lowest BCUT2D eigenvalue weighted by molar-refractivity contribution is -0.256. The third-order valence-corrected chi connectivity index (χ3v) is 2.67. The molecule has 1 aromatic rings. The van der Waals surface area contributed by atoms with Crippen molar-refractivity contribution in [2.45, 2.75) is 0 Å². The zero-order valence-electron chi connectivity index (χ0n) is 7.93. The van der Waals surface area contributed by atoms with E-state index in [-0.39, 0.29) is 5.69 Å². The molecule has 1 aliphatic rings. The number of fused-ring (bicyclic) bond motifs is 1. The number of urea groups is 1. The van der Waals surface area contributed by atoms with Gasteiger partial charge in [-0.1, -0.05) is 0 Å². The Labute approximate surface area is 93.7 Å². The minimum Gasteiger partial charge on any atom is -0.496 e. The standard InChI is InChI=1S/C7H5ClN4O4/c1-11-5(13)3-4(10-2-9-3)12(8,6(11)14)7(15)16/h2H,1H3,(H-,9,10,13,15,16). The highest BCUT2D eigenvalue weighted by molar-refractivity contribution is 6.42. The van der Waals surface area contributed by atoms with Crippen LogP contribution >= 0.6 is 11.8 Å². The molecule has 9 heteroatoms. The van der Waals surface area contributed by atoms with Crippen LogP contribution < -0.4 is 9.11 Å². The fourth-order valence-corrected chi connectivity index (χ4v) is 1.64. The van der Waals surface area contributed by atoms with E-state index >= 15 is 0 Å². The van der Waals surface area contributed by atoms with E-state index in [4.69, 9.17) is 11.8 Å². The van der Waals surface area contributed by atoms with Crippen molar-refractivity contribution in [2.24, 2.45) is 0 Å². The highest BCUT2D eigenvalue weighted by atomic mass is 35.5. The number of carbonyl (C=O) groups excluding carboxylic acids is 3. The first kappa shape index (κ1) is 10.6. The molecule has 1 aliphatic heterocycles. The summed E-state index contributed by atoms with van der Waals surface area (Å²) in [7, 11) is 1.12. The fraction of sp³-hybridized carbons (Fsp3) is 0.143. The SMILES string of the molecule is CN1C(=O)c2[nH]cnc2[N+](Cl)(C(=O)[O-])C1=O. The molecule has 0 spiro atoms. The summed E-state index contributed by atoms with van der Waals surface area (Å²) in [5.74, 6) is -1.09. The Morgan fingerprint density at radius 1 is 1.62 bits per heavy atom. The normalized spacial score (nSPS) is 24.5. The number of imidazole rings is 1. The molecule has 2 heterocycles. The number of nitrogens with one attached hydrogen (secondary N) is 1. The number of H-pyrrole nitrogens is 1. The molecule has 0 aromatic carbocycles. The average molecular weight is 245 g/mol. The van der Waals surface area contributed by atoms with Crippen LogP contribution in [0.15, 0.2) is 6.33 Å². The summed E-state index contributed by atoms with van der Waals surface area (Å²) in [4.78, 5) is 40.7. The zero-order valence-corrected chi connectivity index (χ0v) is 8.69. The Morgan fingerprint density at radius 2 is 2.25 bits per heavy atom. The zero-order chi connectivity index (χ0) is 12.1. The van der Waals surface area contributed by atoms with Gasteiger partial charge < -0.3 is 14.9 Å². The van der Waals surface area contributed by atoms with Crippen molar-refractivity contribution in [1.82, 2.24) is 18.9 Å². The maximum atomic E-state index is 11.6. The van der Waals surface area contributed by atoms with Crippen molar-refractivity contribution in [2.75, 3.05) is 7.05 Å². The van der Waals surface area contributed by atoms with E-state index in [0.29, 0.717) is 4.90 Å². The number of imide groups is 2. The van der Waals surface area contributed by atoms with E-state index < -0.39 is 27.9 Å². The predicted molar refractivity (Wildman–Crippen MR) is 49.1 cm³/mol. The van der Waals surface area contributed by atoms with Gasteiger partial charge in [0.25, 0.3) is 17.8 Å². The van der Waals surface area contributed by atoms with Crippen LogP contribution in [0.25, 0.3) is 0 Å². The molecule has 0 saturated carbocycles. The smallest absolute Gasteiger partial charge is 0.456 e. The largest absolute Gasteiger partial charge is 0.496 e. The molecule has 0 saturated heterocycles. The first-order valence-electron chi connectivity index (χ1n) is 4.07. The van der Waals surface area contributed by atoms with E-state index in [9.17, 15) is 19.5 Å². The monoisotopic (exact) mass is 244 g/mol. The molecule has 1 aromatic heterocycles. The molecule has 0 radical (unpaired) electrons. The fourth-order valence-electron chi connectivity index (χ4n) is 1.39. The molecule has 0 fully saturated rings. The highest BCUT2D eigenvalue weighted by Gasteiger charge is 2.55. The van der Waals surface area contributed by atoms with Crippen LogP contribution in [0.1, 0.15) is 10.5 Å². The minimum atomic E-state index is -1.88. The van der Waals surface area contributed by atoms with Crippen LogP contribution in [-0.4, -0.2) is 39.9 Å². The molecule has 4 amide bonds. The molecule has 84 valence electrons. The molecular formula is C7H5ClN4O4. The van der Waals surface area contributed by atoms with Gasteiger partial charge in [0.1, 0.15) is 0 Å². The summed E-state index contributed by atoms with van der Waals surface area (Å²) < 4.78 is -1.71. The Kier molecular flexibility index (Phi) is 2.00. The number of hydrogen-bond donors (Lipinski definition) is 1. The second-order valence-electron chi connectivity index (χ2n) is 3.10. The van der Waals surface area contributed by atoms with Gasteiger partial charge in [-0.3, -0.25) is 4.79 Å². The highest BCUT2D eigenvalue weighted by Crippen LogP contribution is 2.33. The molecule has 1 unspecified atom stereocenters. The van der Waals surface area contributed by atoms with Gasteiger partial charge in [-0.2, -0.15) is 4.98 Å². The van der Waals surface area contributed by atoms with Crippen LogP contribution in [0.3, 0.4) is 0 Å². The predicted octanol–water partition coefficient (Wildman–Crippen LogP) is -0.580. The Hall–Kier alpha value is -1.93. The number of quaternary nitrogens is 1. The summed E-state index contributed by atoms with van der Waals surface area (Å²) in [6.07, 6.45) is -0.799. The van der Waals surface area contributed by atoms with Crippen molar-refractivity contribution in [3.63, 3.8) is 0 Å². The van der Waals surface area contributed by atoms with E-state index in [1.165, 1.54) is 0 Å². The number of nitrogens with zero attached hydrogens (tertiary/aromatic N) is 3. The summed E-state index contributed by atoms with van der Waals surface area (Å²) in [5, 5.41) is 10.9. The van der Waals surface area contributed by atoms with E-state index in [1.807, 2.05) is 0 Å². The van der Waals surface area contributed by atoms with Gasteiger partial charge in [-0.05, 0) is 4.00 Å². The lowest BCUT2D eigenvalue weighted by atomic mass is 10.3. The number of halogens is 1. The van der Waals surface area contributed by atoms with Gasteiger partial charge in [0, 0.05) is 7.05 Å². The third kappa shape index (κ3) is 1.02. The van der Waals surface area contributed by atoms with Crippen molar-refractivity contribution in [1.29, 1.82) is 0 Å². The van der Waals surface area contributed by atoms with Gasteiger partial charge in [0.2, 0.25) is 0 Å². The first-order chi connectivity index (χ1) is 7.40. The van der Waals surface area contributed by atoms with Crippen LogP contribution in [0.2, 0.25) is 0 Å². The number of carboxylic acid groups (broad SMARTS) is 1.